The first-order chi connectivity index (χ1) is 15.1. The molecule has 11 nitrogen and oxygen atoms in total. The van der Waals surface area contributed by atoms with Crippen molar-refractivity contribution in [3.05, 3.63) is 48.0 Å². The minimum atomic E-state index is -0.156. The number of tetrazole rings is 1. The van der Waals surface area contributed by atoms with Gasteiger partial charge in [-0.15, -0.1) is 5.10 Å². The van der Waals surface area contributed by atoms with Crippen molar-refractivity contribution in [2.24, 2.45) is 7.05 Å². The number of carbonyl (C=O) groups is 1. The maximum atomic E-state index is 12.1. The molecule has 0 bridgehead atoms. The highest BCUT2D eigenvalue weighted by atomic mass is 16.1. The number of carbonyl (C=O) groups excluding carboxylic acids is 1. The van der Waals surface area contributed by atoms with Crippen LogP contribution in [0, 0.1) is 0 Å². The van der Waals surface area contributed by atoms with E-state index in [1.807, 2.05) is 42.9 Å². The quantitative estimate of drug-likeness (QED) is 0.329. The van der Waals surface area contributed by atoms with Crippen LogP contribution in [-0.2, 0) is 24.8 Å². The Labute approximate surface area is 176 Å². The first-order valence-corrected chi connectivity index (χ1v) is 9.72. The number of hydrogen-bond donors (Lipinski definition) is 4. The molecule has 4 heterocycles. The Morgan fingerprint density at radius 1 is 1.26 bits per heavy atom. The van der Waals surface area contributed by atoms with Crippen LogP contribution in [-0.4, -0.2) is 53.1 Å². The fourth-order valence-corrected chi connectivity index (χ4v) is 3.65. The van der Waals surface area contributed by atoms with Crippen molar-refractivity contribution in [1.82, 2.24) is 45.5 Å². The van der Waals surface area contributed by atoms with Crippen LogP contribution in [0.1, 0.15) is 11.4 Å². The molecule has 0 radical (unpaired) electrons. The number of anilines is 1. The smallest absolute Gasteiger partial charge is 0.227 e. The highest BCUT2D eigenvalue weighted by molar-refractivity contribution is 6.07. The van der Waals surface area contributed by atoms with E-state index < -0.39 is 0 Å². The molecule has 4 N–H and O–H groups in total. The number of hydrogen-bond acceptors (Lipinski definition) is 7. The lowest BCUT2D eigenvalue weighted by Crippen LogP contribution is -2.25. The monoisotopic (exact) mass is 416 g/mol. The van der Waals surface area contributed by atoms with Crippen LogP contribution >= 0.6 is 0 Å². The third-order valence-corrected chi connectivity index (χ3v) is 5.12. The molecular weight excluding hydrogens is 396 g/mol. The Hall–Kier alpha value is -4.28. The number of nitrogens with one attached hydrogen (secondary N) is 4. The van der Waals surface area contributed by atoms with E-state index in [9.17, 15) is 4.79 Å². The van der Waals surface area contributed by atoms with E-state index in [4.69, 9.17) is 0 Å². The number of rotatable bonds is 6. The summed E-state index contributed by atoms with van der Waals surface area (Å²) >= 11 is 0. The SMILES string of the molecule is CNc1nc2[nH]c(-c3cccc(CNC(=O)Cc4nnn[nH]4)c3)cc2c2c1ncn2C. The standard InChI is InChI=1S/C20H20N10O/c1-21-20-17-18(30(2)10-23-17)13-7-14(24-19(13)25-20)12-5-3-4-11(6-12)9-22-16(31)8-15-26-28-29-27-15/h3-7,10H,8-9H2,1-2H3,(H,22,31)(H2,21,24,25)(H,26,27,28,29). The summed E-state index contributed by atoms with van der Waals surface area (Å²) < 4.78 is 1.99. The number of aryl methyl sites for hydroxylation is 1. The van der Waals surface area contributed by atoms with Gasteiger partial charge in [0.05, 0.1) is 18.3 Å². The molecule has 156 valence electrons. The minimum Gasteiger partial charge on any atom is -0.371 e. The van der Waals surface area contributed by atoms with E-state index in [0.717, 1.165) is 44.7 Å². The Morgan fingerprint density at radius 3 is 2.97 bits per heavy atom. The molecule has 0 fully saturated rings. The van der Waals surface area contributed by atoms with Gasteiger partial charge in [-0.25, -0.2) is 15.1 Å². The average Bonchev–Trinajstić information content (AvgIpc) is 3.52. The number of pyridine rings is 1. The summed E-state index contributed by atoms with van der Waals surface area (Å²) in [7, 11) is 3.81. The lowest BCUT2D eigenvalue weighted by molar-refractivity contribution is -0.120. The number of fused-ring (bicyclic) bond motifs is 3. The predicted octanol–water partition coefficient (Wildman–Crippen LogP) is 1.53. The van der Waals surface area contributed by atoms with E-state index in [1.54, 1.807) is 6.33 Å². The van der Waals surface area contributed by atoms with Gasteiger partial charge < -0.3 is 20.2 Å². The molecule has 0 spiro atoms. The lowest BCUT2D eigenvalue weighted by Gasteiger charge is -2.06. The third-order valence-electron chi connectivity index (χ3n) is 5.12. The summed E-state index contributed by atoms with van der Waals surface area (Å²) in [5.74, 6) is 1.01. The zero-order valence-corrected chi connectivity index (χ0v) is 17.0. The Morgan fingerprint density at radius 2 is 2.16 bits per heavy atom. The maximum Gasteiger partial charge on any atom is 0.227 e. The second-order valence-electron chi connectivity index (χ2n) is 7.21. The number of aromatic nitrogens is 8. The molecule has 1 amide bonds. The maximum absolute atomic E-state index is 12.1. The van der Waals surface area contributed by atoms with Crippen LogP contribution in [0.5, 0.6) is 0 Å². The summed E-state index contributed by atoms with van der Waals surface area (Å²) in [5.41, 5.74) is 5.57. The van der Waals surface area contributed by atoms with E-state index >= 15 is 0 Å². The summed E-state index contributed by atoms with van der Waals surface area (Å²) in [6.45, 7) is 0.405. The summed E-state index contributed by atoms with van der Waals surface area (Å²) in [5, 5.41) is 20.2. The van der Waals surface area contributed by atoms with Gasteiger partial charge >= 0.3 is 0 Å². The number of nitrogens with zero attached hydrogens (tertiary/aromatic N) is 6. The van der Waals surface area contributed by atoms with Crippen LogP contribution in [0.3, 0.4) is 0 Å². The number of H-pyrrole nitrogens is 2. The highest BCUT2D eigenvalue weighted by Crippen LogP contribution is 2.31. The molecule has 0 saturated heterocycles. The number of amides is 1. The second kappa shape index (κ2) is 7.52. The van der Waals surface area contributed by atoms with Crippen molar-refractivity contribution in [3.8, 4) is 11.3 Å². The molecule has 4 aromatic heterocycles. The number of benzene rings is 1. The molecule has 0 aliphatic rings. The van der Waals surface area contributed by atoms with Crippen molar-refractivity contribution >= 4 is 33.8 Å². The molecule has 5 aromatic rings. The first kappa shape index (κ1) is 18.7. The van der Waals surface area contributed by atoms with Crippen molar-refractivity contribution in [1.29, 1.82) is 0 Å². The van der Waals surface area contributed by atoms with Gasteiger partial charge in [0, 0.05) is 31.7 Å². The van der Waals surface area contributed by atoms with Crippen LogP contribution in [0.25, 0.3) is 33.3 Å². The molecule has 31 heavy (non-hydrogen) atoms. The third kappa shape index (κ3) is 3.45. The van der Waals surface area contributed by atoms with Gasteiger partial charge in [-0.1, -0.05) is 18.2 Å². The molecule has 5 rings (SSSR count). The van der Waals surface area contributed by atoms with Gasteiger partial charge in [-0.05, 0) is 33.7 Å². The topological polar surface area (TPSA) is 142 Å². The van der Waals surface area contributed by atoms with Crippen molar-refractivity contribution < 1.29 is 4.79 Å². The Kier molecular flexibility index (Phi) is 4.54. The van der Waals surface area contributed by atoms with E-state index in [1.165, 1.54) is 0 Å². The average molecular weight is 416 g/mol. The van der Waals surface area contributed by atoms with Crippen molar-refractivity contribution in [2.75, 3.05) is 12.4 Å². The van der Waals surface area contributed by atoms with Crippen LogP contribution in [0.4, 0.5) is 5.82 Å². The summed E-state index contributed by atoms with van der Waals surface area (Å²) in [4.78, 5) is 24.7. The number of aromatic amines is 2. The van der Waals surface area contributed by atoms with Gasteiger partial charge in [-0.3, -0.25) is 4.79 Å². The van der Waals surface area contributed by atoms with Crippen molar-refractivity contribution in [2.45, 2.75) is 13.0 Å². The molecule has 0 atom stereocenters. The molecule has 11 heteroatoms. The van der Waals surface area contributed by atoms with E-state index in [2.05, 4.69) is 52.3 Å². The Bertz CT molecular complexity index is 1380. The van der Waals surface area contributed by atoms with Crippen LogP contribution < -0.4 is 10.6 Å². The molecule has 0 unspecified atom stereocenters. The first-order valence-electron chi connectivity index (χ1n) is 9.72. The van der Waals surface area contributed by atoms with E-state index in [-0.39, 0.29) is 12.3 Å². The lowest BCUT2D eigenvalue weighted by atomic mass is 10.1. The normalized spacial score (nSPS) is 11.3. The van der Waals surface area contributed by atoms with E-state index in [0.29, 0.717) is 12.4 Å². The number of imidazole rings is 1. The van der Waals surface area contributed by atoms with Gasteiger partial charge in [-0.2, -0.15) is 0 Å². The second-order valence-corrected chi connectivity index (χ2v) is 7.21. The molecule has 1 aromatic carbocycles. The zero-order valence-electron chi connectivity index (χ0n) is 17.0. The minimum absolute atomic E-state index is 0.106. The highest BCUT2D eigenvalue weighted by Gasteiger charge is 2.15. The largest absolute Gasteiger partial charge is 0.371 e. The zero-order chi connectivity index (χ0) is 21.4. The molecular formula is C20H20N10O. The van der Waals surface area contributed by atoms with Crippen LogP contribution in [0.15, 0.2) is 36.7 Å². The summed E-state index contributed by atoms with van der Waals surface area (Å²) in [6, 6.07) is 10.1. The summed E-state index contributed by atoms with van der Waals surface area (Å²) in [6.07, 6.45) is 1.90. The van der Waals surface area contributed by atoms with Gasteiger partial charge in [0.2, 0.25) is 5.91 Å². The molecule has 0 saturated carbocycles. The predicted molar refractivity (Wildman–Crippen MR) is 115 cm³/mol. The fraction of sp³-hybridized carbons (Fsp3) is 0.200. The van der Waals surface area contributed by atoms with Gasteiger partial charge in [0.1, 0.15) is 11.2 Å². The van der Waals surface area contributed by atoms with Gasteiger partial charge in [0.15, 0.2) is 11.6 Å². The molecule has 0 aliphatic carbocycles. The van der Waals surface area contributed by atoms with Gasteiger partial charge in [0.25, 0.3) is 0 Å². The molecule has 0 aliphatic heterocycles. The van der Waals surface area contributed by atoms with Crippen molar-refractivity contribution in [3.63, 3.8) is 0 Å². The fourth-order valence-electron chi connectivity index (χ4n) is 3.65. The van der Waals surface area contributed by atoms with Crippen LogP contribution in [0.2, 0.25) is 0 Å². The Balaban J connectivity index is 1.42.